The second kappa shape index (κ2) is 7.12. The first-order valence-electron chi connectivity index (χ1n) is 10.6. The van der Waals surface area contributed by atoms with Gasteiger partial charge in [0.1, 0.15) is 5.82 Å². The van der Waals surface area contributed by atoms with E-state index >= 15 is 0 Å². The molecule has 0 N–H and O–H groups in total. The molecule has 2 aliphatic rings. The topological polar surface area (TPSA) is 98.3 Å². The van der Waals surface area contributed by atoms with E-state index in [4.69, 9.17) is 5.10 Å². The second-order valence-corrected chi connectivity index (χ2v) is 10.6. The first-order chi connectivity index (χ1) is 14.3. The van der Waals surface area contributed by atoms with Crippen LogP contribution in [0.5, 0.6) is 0 Å². The molecule has 4 heterocycles. The highest BCUT2D eigenvalue weighted by molar-refractivity contribution is 7.89. The Morgan fingerprint density at radius 3 is 2.40 bits per heavy atom. The van der Waals surface area contributed by atoms with E-state index in [0.717, 1.165) is 23.0 Å². The predicted molar refractivity (Wildman–Crippen MR) is 111 cm³/mol. The number of rotatable bonds is 5. The fourth-order valence-electron chi connectivity index (χ4n) is 4.27. The third-order valence-electron chi connectivity index (χ3n) is 6.13. The molecule has 0 unspecified atom stereocenters. The van der Waals surface area contributed by atoms with Crippen molar-refractivity contribution in [1.29, 1.82) is 0 Å². The van der Waals surface area contributed by atoms with Gasteiger partial charge in [-0.1, -0.05) is 13.8 Å². The average molecular weight is 430 g/mol. The minimum absolute atomic E-state index is 0.135. The van der Waals surface area contributed by atoms with E-state index < -0.39 is 10.0 Å². The molecule has 2 fully saturated rings. The maximum atomic E-state index is 13.1. The Labute approximate surface area is 176 Å². The highest BCUT2D eigenvalue weighted by atomic mass is 32.2. The molecule has 160 valence electrons. The molecular formula is C20H27N7O2S. The molecule has 0 atom stereocenters. The predicted octanol–water partition coefficient (Wildman–Crippen LogP) is 2.43. The zero-order valence-corrected chi connectivity index (χ0v) is 18.4. The van der Waals surface area contributed by atoms with Crippen molar-refractivity contribution in [3.63, 3.8) is 0 Å². The van der Waals surface area contributed by atoms with E-state index in [-0.39, 0.29) is 16.9 Å². The SMILES string of the molecule is CC(C)c1nc(S(=O)(=O)N2CCC(c3nnc4ccc(C5CC5)nn34)CC2)cn1C. The summed E-state index contributed by atoms with van der Waals surface area (Å²) >= 11 is 0. The molecule has 1 saturated heterocycles. The quantitative estimate of drug-likeness (QED) is 0.618. The van der Waals surface area contributed by atoms with Gasteiger partial charge in [0.25, 0.3) is 10.0 Å². The number of aryl methyl sites for hydroxylation is 1. The zero-order valence-electron chi connectivity index (χ0n) is 17.6. The summed E-state index contributed by atoms with van der Waals surface area (Å²) in [5.74, 6) is 2.48. The van der Waals surface area contributed by atoms with Gasteiger partial charge in [0.2, 0.25) is 0 Å². The van der Waals surface area contributed by atoms with Gasteiger partial charge in [-0.3, -0.25) is 0 Å². The van der Waals surface area contributed by atoms with Crippen LogP contribution in [0.15, 0.2) is 23.4 Å². The molecule has 30 heavy (non-hydrogen) atoms. The Morgan fingerprint density at radius 1 is 1.03 bits per heavy atom. The van der Waals surface area contributed by atoms with Gasteiger partial charge >= 0.3 is 0 Å². The van der Waals surface area contributed by atoms with Crippen LogP contribution in [0, 0.1) is 0 Å². The van der Waals surface area contributed by atoms with Gasteiger partial charge in [-0.25, -0.2) is 13.4 Å². The van der Waals surface area contributed by atoms with Crippen molar-refractivity contribution in [3.05, 3.63) is 35.7 Å². The van der Waals surface area contributed by atoms with Gasteiger partial charge in [-0.2, -0.15) is 13.9 Å². The minimum Gasteiger partial charge on any atom is -0.336 e. The van der Waals surface area contributed by atoms with Crippen molar-refractivity contribution in [3.8, 4) is 0 Å². The number of hydrogen-bond acceptors (Lipinski definition) is 6. The van der Waals surface area contributed by atoms with Crippen LogP contribution in [-0.4, -0.2) is 55.2 Å². The lowest BCUT2D eigenvalue weighted by Gasteiger charge is -2.29. The van der Waals surface area contributed by atoms with Crippen molar-refractivity contribution in [1.82, 2.24) is 33.7 Å². The number of hydrogen-bond donors (Lipinski definition) is 0. The number of nitrogens with zero attached hydrogens (tertiary/aromatic N) is 7. The highest BCUT2D eigenvalue weighted by Crippen LogP contribution is 2.39. The molecule has 3 aromatic rings. The molecule has 0 amide bonds. The summed E-state index contributed by atoms with van der Waals surface area (Å²) in [7, 11) is -1.76. The Kier molecular flexibility index (Phi) is 4.66. The smallest absolute Gasteiger partial charge is 0.262 e. The van der Waals surface area contributed by atoms with Crippen LogP contribution in [0.25, 0.3) is 5.65 Å². The number of imidazole rings is 1. The van der Waals surface area contributed by atoms with Crippen LogP contribution in [-0.2, 0) is 17.1 Å². The fraction of sp³-hybridized carbons (Fsp3) is 0.600. The highest BCUT2D eigenvalue weighted by Gasteiger charge is 2.34. The van der Waals surface area contributed by atoms with Gasteiger partial charge in [0, 0.05) is 44.1 Å². The number of fused-ring (bicyclic) bond motifs is 1. The standard InChI is InChI=1S/C20H27N7O2S/c1-13(2)19-21-18(12-25(19)3)30(28,29)26-10-8-15(9-11-26)20-23-22-17-7-6-16(14-4-5-14)24-27(17)20/h6-7,12-15H,4-5,8-11H2,1-3H3. The summed E-state index contributed by atoms with van der Waals surface area (Å²) in [6.07, 6.45) is 5.39. The van der Waals surface area contributed by atoms with Crippen LogP contribution < -0.4 is 0 Å². The maximum absolute atomic E-state index is 13.1. The summed E-state index contributed by atoms with van der Waals surface area (Å²) in [5, 5.41) is 13.5. The molecule has 0 spiro atoms. The lowest BCUT2D eigenvalue weighted by Crippen LogP contribution is -2.38. The molecular weight excluding hydrogens is 402 g/mol. The normalized spacial score (nSPS) is 19.2. The molecule has 1 saturated carbocycles. The van der Waals surface area contributed by atoms with Crippen molar-refractivity contribution >= 4 is 15.7 Å². The lowest BCUT2D eigenvalue weighted by atomic mass is 9.97. The van der Waals surface area contributed by atoms with E-state index in [2.05, 4.69) is 15.2 Å². The Bertz CT molecular complexity index is 1190. The third kappa shape index (κ3) is 3.31. The summed E-state index contributed by atoms with van der Waals surface area (Å²) < 4.78 is 31.4. The number of sulfonamides is 1. The fourth-order valence-corrected chi connectivity index (χ4v) is 5.73. The van der Waals surface area contributed by atoms with Crippen molar-refractivity contribution in [2.45, 2.75) is 62.3 Å². The first kappa shape index (κ1) is 19.6. The first-order valence-corrected chi connectivity index (χ1v) is 12.0. The molecule has 1 aliphatic heterocycles. The van der Waals surface area contributed by atoms with Gasteiger partial charge in [0.15, 0.2) is 16.5 Å². The summed E-state index contributed by atoms with van der Waals surface area (Å²) in [5.41, 5.74) is 1.85. The summed E-state index contributed by atoms with van der Waals surface area (Å²) in [6, 6.07) is 4.02. The van der Waals surface area contributed by atoms with Crippen molar-refractivity contribution in [2.24, 2.45) is 7.05 Å². The van der Waals surface area contributed by atoms with E-state index in [1.54, 1.807) is 15.1 Å². The van der Waals surface area contributed by atoms with Crippen molar-refractivity contribution in [2.75, 3.05) is 13.1 Å². The van der Waals surface area contributed by atoms with Crippen LogP contribution in [0.3, 0.4) is 0 Å². The van der Waals surface area contributed by atoms with E-state index in [0.29, 0.717) is 31.8 Å². The summed E-state index contributed by atoms with van der Waals surface area (Å²) in [4.78, 5) is 4.39. The zero-order chi connectivity index (χ0) is 21.0. The van der Waals surface area contributed by atoms with Crippen LogP contribution in [0.4, 0.5) is 0 Å². The van der Waals surface area contributed by atoms with Crippen LogP contribution in [0.2, 0.25) is 0 Å². The van der Waals surface area contributed by atoms with Gasteiger partial charge in [0.05, 0.1) is 5.69 Å². The lowest BCUT2D eigenvalue weighted by molar-refractivity contribution is 0.310. The molecule has 0 aromatic carbocycles. The van der Waals surface area contributed by atoms with E-state index in [1.165, 1.54) is 12.8 Å². The van der Waals surface area contributed by atoms with Gasteiger partial charge in [-0.05, 0) is 37.8 Å². The Morgan fingerprint density at radius 2 is 1.77 bits per heavy atom. The van der Waals surface area contributed by atoms with Crippen molar-refractivity contribution < 1.29 is 8.42 Å². The van der Waals surface area contributed by atoms with Crippen LogP contribution in [0.1, 0.15) is 74.6 Å². The second-order valence-electron chi connectivity index (χ2n) is 8.74. The van der Waals surface area contributed by atoms with Gasteiger partial charge in [-0.15, -0.1) is 10.2 Å². The number of piperidine rings is 1. The minimum atomic E-state index is -3.60. The van der Waals surface area contributed by atoms with E-state index in [9.17, 15) is 8.42 Å². The van der Waals surface area contributed by atoms with Gasteiger partial charge < -0.3 is 4.57 Å². The Hall–Kier alpha value is -2.33. The monoisotopic (exact) mass is 429 g/mol. The average Bonchev–Trinajstić information content (AvgIpc) is 3.37. The maximum Gasteiger partial charge on any atom is 0.262 e. The molecule has 1 aliphatic carbocycles. The molecule has 10 heteroatoms. The molecule has 0 bridgehead atoms. The Balaban J connectivity index is 1.34. The van der Waals surface area contributed by atoms with E-state index in [1.807, 2.05) is 37.5 Å². The van der Waals surface area contributed by atoms with Crippen LogP contribution >= 0.6 is 0 Å². The molecule has 9 nitrogen and oxygen atoms in total. The summed E-state index contributed by atoms with van der Waals surface area (Å²) in [6.45, 7) is 4.90. The third-order valence-corrected chi connectivity index (χ3v) is 7.90. The molecule has 5 rings (SSSR count). The number of aromatic nitrogens is 6. The molecule has 3 aromatic heterocycles. The largest absolute Gasteiger partial charge is 0.336 e. The molecule has 0 radical (unpaired) electrons.